The summed E-state index contributed by atoms with van der Waals surface area (Å²) in [6.45, 7) is 22.3. The monoisotopic (exact) mass is 1970 g/mol. The summed E-state index contributed by atoms with van der Waals surface area (Å²) in [7, 11) is 4.69. The van der Waals surface area contributed by atoms with Crippen LogP contribution in [0.5, 0.6) is 17.2 Å². The molecule has 740 valence electrons. The van der Waals surface area contributed by atoms with E-state index in [1.807, 2.05) is 179 Å². The molecule has 3 amide bonds. The van der Waals surface area contributed by atoms with E-state index in [-0.39, 0.29) is 89.7 Å². The maximum atomic E-state index is 13.5. The molecule has 140 heavy (non-hydrogen) atoms. The van der Waals surface area contributed by atoms with Crippen molar-refractivity contribution in [2.45, 2.75) is 151 Å². The Hall–Kier alpha value is -14.8. The molecule has 29 nitrogen and oxygen atoms in total. The summed E-state index contributed by atoms with van der Waals surface area (Å²) in [6, 6.07) is 57.5. The Morgan fingerprint density at radius 2 is 0.807 bits per heavy atom. The van der Waals surface area contributed by atoms with Crippen molar-refractivity contribution in [3.05, 3.63) is 306 Å². The lowest BCUT2D eigenvalue weighted by molar-refractivity contribution is -0.167. The van der Waals surface area contributed by atoms with E-state index < -0.39 is 93.7 Å². The van der Waals surface area contributed by atoms with Crippen LogP contribution >= 0.6 is 23.2 Å². The highest BCUT2D eigenvalue weighted by Gasteiger charge is 2.32. The van der Waals surface area contributed by atoms with E-state index in [9.17, 15) is 70.2 Å². The second-order valence-corrected chi connectivity index (χ2v) is 35.1. The fourth-order valence-corrected chi connectivity index (χ4v) is 13.5. The molecular weight excluding hydrogens is 1850 g/mol. The normalized spacial score (nSPS) is 13.1. The number of nitrogens with zero attached hydrogens (tertiary/aromatic N) is 9. The number of halogens is 7. The van der Waals surface area contributed by atoms with Crippen molar-refractivity contribution in [3.8, 4) is 61.8 Å². The Morgan fingerprint density at radius 1 is 0.471 bits per heavy atom. The van der Waals surface area contributed by atoms with Crippen molar-refractivity contribution < 1.29 is 98.6 Å². The zero-order valence-corrected chi connectivity index (χ0v) is 81.4. The topological polar surface area (TPSA) is 375 Å². The number of allylic oxidation sites excluding steroid dienone is 1. The van der Waals surface area contributed by atoms with Gasteiger partial charge < -0.3 is 55.2 Å². The number of nitrogens with one attached hydrogen (secondary N) is 3. The van der Waals surface area contributed by atoms with Gasteiger partial charge in [-0.15, -0.1) is 0 Å². The molecule has 6 N–H and O–H groups in total. The predicted octanol–water partition coefficient (Wildman–Crippen LogP) is 18.1. The second kappa shape index (κ2) is 53.8. The fraction of sp³-hybridized carbons (Fsp3) is 0.308. The van der Waals surface area contributed by atoms with Crippen molar-refractivity contribution in [3.63, 3.8) is 0 Å². The largest absolute Gasteiger partial charge is 0.489 e. The molecule has 0 aliphatic carbocycles. The zero-order chi connectivity index (χ0) is 103. The highest BCUT2D eigenvalue weighted by molar-refractivity contribution is 6.33. The number of Topliss-reactive ketones (excluding diaryl/α,β-unsaturated/α-hetero) is 1. The van der Waals surface area contributed by atoms with E-state index in [0.29, 0.717) is 42.6 Å². The van der Waals surface area contributed by atoms with Crippen molar-refractivity contribution in [2.75, 3.05) is 34.3 Å². The molecule has 1 saturated heterocycles. The van der Waals surface area contributed by atoms with Gasteiger partial charge in [-0.1, -0.05) is 181 Å². The van der Waals surface area contributed by atoms with Crippen molar-refractivity contribution in [2.24, 2.45) is 34.4 Å². The number of carboxylic acid groups (broad SMARTS) is 1. The summed E-state index contributed by atoms with van der Waals surface area (Å²) in [5, 5.41) is 34.6. The van der Waals surface area contributed by atoms with Crippen molar-refractivity contribution >= 4 is 82.3 Å². The number of amides is 3. The number of hydrogen-bond acceptors (Lipinski definition) is 21. The summed E-state index contributed by atoms with van der Waals surface area (Å²) in [5.41, 5.74) is 15.0. The maximum absolute atomic E-state index is 13.5. The van der Waals surface area contributed by atoms with Crippen LogP contribution in [0.4, 0.5) is 22.0 Å². The lowest BCUT2D eigenvalue weighted by Gasteiger charge is -2.21. The van der Waals surface area contributed by atoms with Gasteiger partial charge in [0.1, 0.15) is 35.3 Å². The predicted molar refractivity (Wildman–Crippen MR) is 522 cm³/mol. The van der Waals surface area contributed by atoms with Crippen LogP contribution in [0.3, 0.4) is 0 Å². The van der Waals surface area contributed by atoms with Crippen LogP contribution in [0.2, 0.25) is 10.0 Å². The number of aromatic nitrogens is 8. The molecular formula is C104H114Cl2F5N13O16. The molecule has 0 unspecified atom stereocenters. The van der Waals surface area contributed by atoms with E-state index in [4.69, 9.17) is 47.9 Å². The van der Waals surface area contributed by atoms with Crippen LogP contribution in [-0.4, -0.2) is 167 Å². The highest BCUT2D eigenvalue weighted by atomic mass is 35.5. The molecule has 2 aliphatic heterocycles. The van der Waals surface area contributed by atoms with Crippen molar-refractivity contribution in [1.82, 2.24) is 55.1 Å². The molecule has 0 bridgehead atoms. The van der Waals surface area contributed by atoms with Crippen LogP contribution in [0.1, 0.15) is 122 Å². The Labute approximate surface area is 818 Å². The van der Waals surface area contributed by atoms with E-state index in [0.717, 1.165) is 68.9 Å². The minimum absolute atomic E-state index is 0.000520. The lowest BCUT2D eigenvalue weighted by Crippen LogP contribution is -2.41. The molecule has 0 saturated carbocycles. The van der Waals surface area contributed by atoms with Crippen LogP contribution in [0.25, 0.3) is 44.5 Å². The molecule has 6 heterocycles. The number of hydrogen-bond donors (Lipinski definition) is 5. The molecule has 5 atom stereocenters. The third-order valence-electron chi connectivity index (χ3n) is 19.9. The average molecular weight is 1970 g/mol. The number of cyclic esters (lactones) is 1. The first-order valence-corrected chi connectivity index (χ1v) is 45.3. The van der Waals surface area contributed by atoms with Crippen LogP contribution < -0.4 is 35.9 Å². The quantitative estimate of drug-likeness (QED) is 0.00531. The number of likely N-dealkylation sites (N-methyl/N-ethyl adjacent to an activating group) is 1. The average Bonchev–Trinajstić information content (AvgIpc) is 1.12. The molecule has 4 aromatic heterocycles. The second-order valence-electron chi connectivity index (χ2n) is 34.3. The molecule has 36 heteroatoms. The summed E-state index contributed by atoms with van der Waals surface area (Å²) < 4.78 is 103. The zero-order valence-electron chi connectivity index (χ0n) is 79.9. The Bertz CT molecular complexity index is 6160. The number of ether oxygens (including phenoxy) is 6. The highest BCUT2D eigenvalue weighted by Crippen LogP contribution is 2.34. The number of nitrogens with two attached hydrogens (primary N) is 1. The van der Waals surface area contributed by atoms with Gasteiger partial charge in [0, 0.05) is 80.2 Å². The number of carbonyl (C=O) groups excluding carboxylic acids is 8. The maximum Gasteiger partial charge on any atom is 0.343 e. The number of benzene rings is 8. The number of rotatable bonds is 30. The number of carbonyl (C=O) groups is 9. The van der Waals surface area contributed by atoms with Crippen LogP contribution in [0.15, 0.2) is 255 Å². The Balaban J connectivity index is 0.000000206. The van der Waals surface area contributed by atoms with Gasteiger partial charge in [0.25, 0.3) is 0 Å². The smallest absolute Gasteiger partial charge is 0.343 e. The van der Waals surface area contributed by atoms with Gasteiger partial charge >= 0.3 is 29.8 Å². The van der Waals surface area contributed by atoms with Gasteiger partial charge in [0.05, 0.1) is 128 Å². The first-order valence-electron chi connectivity index (χ1n) is 44.5. The number of carboxylic acids is 1. The van der Waals surface area contributed by atoms with E-state index in [2.05, 4.69) is 75.1 Å². The summed E-state index contributed by atoms with van der Waals surface area (Å²) in [5.74, 6) is -18.2. The van der Waals surface area contributed by atoms with Gasteiger partial charge in [-0.2, -0.15) is 29.2 Å². The van der Waals surface area contributed by atoms with Crippen LogP contribution in [0, 0.1) is 52.8 Å². The number of aliphatic imine (C=N–C) groups is 1. The lowest BCUT2D eigenvalue weighted by atomic mass is 9.97. The minimum Gasteiger partial charge on any atom is -0.489 e. The van der Waals surface area contributed by atoms with Gasteiger partial charge in [0.2, 0.25) is 52.6 Å². The van der Waals surface area contributed by atoms with Crippen LogP contribution in [-0.2, 0) is 74.0 Å². The van der Waals surface area contributed by atoms with Gasteiger partial charge in [-0.3, -0.25) is 62.1 Å². The standard InChI is InChI=1S/C24H26ClN3O3.C19H25N3O3.C18H22N2O4.C16H10ClF5O3.C13H16N4O.C10H9N.C4H6O2/c1-16(2)31-23-10-9-18(11-21(23)25)22(29)12-19(24(30)26-3)14-28-15-20(13-27-28)17-7-5-4-6-8-17;1-19(2,3)25-17(23)10-15(18(24)20-4)12-22-13-16(11-21-22)14-8-6-5-7-9-14;1-18(2,3)24-16(21)9-14(17(22)23)11-20-12-15(10-19-20)13-7-5-4-6-8-13;1-6(2)24-9-4-3-7(5-8(9)17)16(23)25-15-13(21)11(19)10(18)12(20)14(15)22;1-15-13(18)12(14)9-17-8-11(7-16-17)10-5-3-2-4-6-10;1-2-5-9(6-3-1)10-7-4-8-11-10;1-3-2-6-4(3)5/h4-11,13,15-16,19H,12,14H2,1-3H3,(H,26,30);5-9,11,13,15H,10,12H2,1-4H3,(H,20,24);4-8,10,12,14H,9,11H2,1-3H3,(H,22,23);3-6H,1-2H3;2-8,12H,9,14H2,1H3,(H,15,18);1-7H,8H2;3H,2H2,1H3/t19-;15-;14-;;12-;;3-/m000.0.0/s1. The number of esters is 4. The van der Waals surface area contributed by atoms with Gasteiger partial charge in [0.15, 0.2) is 5.78 Å². The summed E-state index contributed by atoms with van der Waals surface area (Å²) in [6.07, 6.45) is 18.2. The molecule has 1 fully saturated rings. The molecule has 0 radical (unpaired) electrons. The van der Waals surface area contributed by atoms with E-state index >= 15 is 0 Å². The van der Waals surface area contributed by atoms with Crippen molar-refractivity contribution in [1.29, 1.82) is 0 Å². The van der Waals surface area contributed by atoms with Gasteiger partial charge in [-0.25, -0.2) is 18.0 Å². The molecule has 14 rings (SSSR count). The van der Waals surface area contributed by atoms with Gasteiger partial charge in [-0.05, 0) is 146 Å². The number of aliphatic carboxylic acids is 1. The van der Waals surface area contributed by atoms with E-state index in [1.165, 1.54) is 11.6 Å². The fourth-order valence-electron chi connectivity index (χ4n) is 13.1. The Kier molecular flexibility index (Phi) is 42.5. The third-order valence-corrected chi connectivity index (χ3v) is 20.5. The third kappa shape index (κ3) is 35.7. The molecule has 0 spiro atoms. The minimum atomic E-state index is -2.35. The Morgan fingerprint density at radius 3 is 1.13 bits per heavy atom. The summed E-state index contributed by atoms with van der Waals surface area (Å²) >= 11 is 12.2. The first-order chi connectivity index (χ1) is 66.5. The molecule has 8 aromatic carbocycles. The van der Waals surface area contributed by atoms with E-state index in [1.54, 1.807) is 144 Å². The summed E-state index contributed by atoms with van der Waals surface area (Å²) in [4.78, 5) is 110. The molecule has 2 aliphatic rings. The first kappa shape index (κ1) is 111. The number of ketones is 1. The molecule has 12 aromatic rings. The SMILES string of the molecule is C1=CC(c2ccccc2)=NC1.CC(C)(C)OC(=O)C[C@@H](Cn1cc(-c2ccccc2)cn1)C(=O)O.CC(C)Oc1ccc(C(=O)Oc2c(F)c(F)c(F)c(F)c2F)cc1Cl.CNC(=O)[C@@H](CC(=O)OC(C)(C)C)Cn1cc(-c2ccccc2)cn1.CNC(=O)[C@@H](CC(=O)c1ccc(OC(C)C)c(Cl)c1)Cn1cc(-c2ccccc2)cn1.CNC(=O)[C@@H](N)Cn1cc(-c2ccccc2)cn1.C[C@H]1COC1=O.